The molecule has 1 saturated heterocycles. The van der Waals surface area contributed by atoms with Crippen LogP contribution in [0.5, 0.6) is 0 Å². The number of aryl methyl sites for hydroxylation is 2. The number of pyridine rings is 1. The lowest BCUT2D eigenvalue weighted by atomic mass is 9.97. The van der Waals surface area contributed by atoms with Crippen LogP contribution in [0.3, 0.4) is 0 Å². The van der Waals surface area contributed by atoms with E-state index in [-0.39, 0.29) is 22.6 Å². The second-order valence-electron chi connectivity index (χ2n) is 8.83. The highest BCUT2D eigenvalue weighted by molar-refractivity contribution is 7.80. The van der Waals surface area contributed by atoms with Gasteiger partial charge in [-0.05, 0) is 64.4 Å². The van der Waals surface area contributed by atoms with Gasteiger partial charge in [0.2, 0.25) is 0 Å². The number of nitrogens with zero attached hydrogens (tertiary/aromatic N) is 4. The molecule has 1 N–H and O–H groups in total. The summed E-state index contributed by atoms with van der Waals surface area (Å²) in [6, 6.07) is 3.63. The smallest absolute Gasteiger partial charge is 0.309 e. The molecule has 1 fully saturated rings. The molecular weight excluding hydrogens is 510 g/mol. The molecule has 0 atom stereocenters. The van der Waals surface area contributed by atoms with E-state index in [2.05, 4.69) is 44.7 Å². The first-order chi connectivity index (χ1) is 17.8. The number of fused-ring (bicyclic) bond motifs is 1. The van der Waals surface area contributed by atoms with Gasteiger partial charge in [0, 0.05) is 30.1 Å². The van der Waals surface area contributed by atoms with Crippen LogP contribution in [0, 0.1) is 31.6 Å². The van der Waals surface area contributed by atoms with Gasteiger partial charge in [-0.1, -0.05) is 5.92 Å². The number of amides is 1. The fourth-order valence-corrected chi connectivity index (χ4v) is 5.62. The third-order valence-electron chi connectivity index (χ3n) is 6.24. The van der Waals surface area contributed by atoms with E-state index in [1.165, 1.54) is 15.9 Å². The summed E-state index contributed by atoms with van der Waals surface area (Å²) in [5.41, 5.74) is 1.11. The van der Waals surface area contributed by atoms with Crippen LogP contribution in [0.1, 0.15) is 35.8 Å². The van der Waals surface area contributed by atoms with Crippen LogP contribution in [0.25, 0.3) is 16.0 Å². The number of piperidine rings is 1. The number of hydrogen-bond donors (Lipinski definition) is 2. The van der Waals surface area contributed by atoms with Crippen molar-refractivity contribution < 1.29 is 14.3 Å². The molecule has 1 aliphatic rings. The Bertz CT molecular complexity index is 1440. The van der Waals surface area contributed by atoms with Gasteiger partial charge in [0.05, 0.1) is 23.5 Å². The molecule has 3 aromatic heterocycles. The lowest BCUT2D eigenvalue weighted by molar-refractivity contribution is -0.149. The third kappa shape index (κ3) is 6.21. The summed E-state index contributed by atoms with van der Waals surface area (Å²) < 4.78 is 6.46. The van der Waals surface area contributed by atoms with E-state index in [0.29, 0.717) is 41.3 Å². The number of carbonyl (C=O) groups excluding carboxylic acids is 2. The van der Waals surface area contributed by atoms with E-state index >= 15 is 0 Å². The summed E-state index contributed by atoms with van der Waals surface area (Å²) in [5, 5.41) is 3.41. The van der Waals surface area contributed by atoms with Crippen molar-refractivity contribution in [3.63, 3.8) is 0 Å². The third-order valence-corrected chi connectivity index (χ3v) is 7.54. The van der Waals surface area contributed by atoms with Crippen molar-refractivity contribution in [1.29, 1.82) is 0 Å². The van der Waals surface area contributed by atoms with Gasteiger partial charge in [0.15, 0.2) is 5.16 Å². The quantitative estimate of drug-likeness (QED) is 0.215. The zero-order chi connectivity index (χ0) is 26.5. The molecule has 1 aliphatic heterocycles. The minimum atomic E-state index is -0.417. The molecule has 0 unspecified atom stereocenters. The Balaban J connectivity index is 1.43. The minimum absolute atomic E-state index is 0.0419. The summed E-state index contributed by atoms with van der Waals surface area (Å²) in [4.78, 5) is 50.0. The highest BCUT2D eigenvalue weighted by Gasteiger charge is 2.25. The largest absolute Gasteiger partial charge is 0.466 e. The molecular formula is C26H29N5O4S2. The Kier molecular flexibility index (Phi) is 8.63. The topological polar surface area (TPSA) is 106 Å². The summed E-state index contributed by atoms with van der Waals surface area (Å²) >= 11 is 5.76. The molecule has 3 aromatic rings. The number of carbonyl (C=O) groups is 2. The average molecular weight is 540 g/mol. The number of hydrogen-bond acceptors (Lipinski definition) is 9. The number of rotatable bonds is 6. The Morgan fingerprint density at radius 3 is 2.76 bits per heavy atom. The number of ether oxygens (including phenoxy) is 1. The highest BCUT2D eigenvalue weighted by Crippen LogP contribution is 2.28. The second kappa shape index (κ2) is 11.9. The van der Waals surface area contributed by atoms with Crippen LogP contribution in [0.4, 0.5) is 0 Å². The number of thiophene rings is 1. The SMILES string of the molecule is CCOC(=O)C1CCN(CCNC(=O)C#Cc2c(C)sc3nc(S)n(-c4cc(C)ccn4)c(=O)c23)CC1. The van der Waals surface area contributed by atoms with Gasteiger partial charge >= 0.3 is 5.97 Å². The maximum atomic E-state index is 13.4. The molecule has 9 nitrogen and oxygen atoms in total. The van der Waals surface area contributed by atoms with Crippen molar-refractivity contribution in [2.75, 3.05) is 32.8 Å². The molecule has 0 aromatic carbocycles. The van der Waals surface area contributed by atoms with Gasteiger partial charge < -0.3 is 15.0 Å². The number of likely N-dealkylation sites (tertiary alicyclic amines) is 1. The predicted octanol–water partition coefficient (Wildman–Crippen LogP) is 2.49. The summed E-state index contributed by atoms with van der Waals surface area (Å²) in [7, 11) is 0. The molecule has 0 radical (unpaired) electrons. The van der Waals surface area contributed by atoms with Crippen LogP contribution in [0.15, 0.2) is 28.3 Å². The molecule has 11 heteroatoms. The number of nitrogens with one attached hydrogen (secondary N) is 1. The van der Waals surface area contributed by atoms with E-state index in [1.54, 1.807) is 12.3 Å². The molecule has 1 amide bonds. The Morgan fingerprint density at radius 1 is 1.30 bits per heavy atom. The Hall–Kier alpha value is -3.20. The van der Waals surface area contributed by atoms with Gasteiger partial charge in [0.25, 0.3) is 11.5 Å². The Morgan fingerprint density at radius 2 is 2.05 bits per heavy atom. The average Bonchev–Trinajstić information content (AvgIpc) is 3.18. The van der Waals surface area contributed by atoms with Crippen molar-refractivity contribution in [2.24, 2.45) is 5.92 Å². The lowest BCUT2D eigenvalue weighted by Gasteiger charge is -2.30. The molecule has 0 bridgehead atoms. The molecule has 194 valence electrons. The van der Waals surface area contributed by atoms with Crippen molar-refractivity contribution in [2.45, 2.75) is 38.8 Å². The van der Waals surface area contributed by atoms with Crippen molar-refractivity contribution in [3.8, 4) is 17.7 Å². The van der Waals surface area contributed by atoms with Crippen LogP contribution >= 0.6 is 24.0 Å². The maximum absolute atomic E-state index is 13.4. The maximum Gasteiger partial charge on any atom is 0.309 e. The van der Waals surface area contributed by atoms with Crippen LogP contribution in [0.2, 0.25) is 0 Å². The molecule has 37 heavy (non-hydrogen) atoms. The summed E-state index contributed by atoms with van der Waals surface area (Å²) in [6.45, 7) is 8.66. The standard InChI is InChI=1S/C26H29N5O4S2/c1-4-35-25(34)18-8-12-30(13-9-18)14-11-28-21(32)6-5-19-17(3)37-23-22(19)24(33)31(26(36)29-23)20-15-16(2)7-10-27-20/h7,10,15,18H,4,8-9,11-14H2,1-3H3,(H,28,32)(H,29,36). The lowest BCUT2D eigenvalue weighted by Crippen LogP contribution is -2.41. The number of esters is 1. The molecule has 0 saturated carbocycles. The summed E-state index contributed by atoms with van der Waals surface area (Å²) in [6.07, 6.45) is 3.14. The molecule has 0 aliphatic carbocycles. The van der Waals surface area contributed by atoms with Gasteiger partial charge in [-0.25, -0.2) is 14.5 Å². The Labute approximate surface area is 224 Å². The summed E-state index contributed by atoms with van der Waals surface area (Å²) in [5.74, 6) is 5.36. The number of thiol groups is 1. The second-order valence-corrected chi connectivity index (χ2v) is 10.4. The first-order valence-corrected chi connectivity index (χ1v) is 13.4. The van der Waals surface area contributed by atoms with E-state index in [9.17, 15) is 14.4 Å². The van der Waals surface area contributed by atoms with Crippen LogP contribution < -0.4 is 10.9 Å². The molecule has 4 rings (SSSR count). The van der Waals surface area contributed by atoms with Gasteiger partial charge in [0.1, 0.15) is 10.6 Å². The fourth-order valence-electron chi connectivity index (χ4n) is 4.29. The van der Waals surface area contributed by atoms with Crippen molar-refractivity contribution in [1.82, 2.24) is 24.8 Å². The molecule has 0 spiro atoms. The van der Waals surface area contributed by atoms with Crippen molar-refractivity contribution in [3.05, 3.63) is 44.7 Å². The van der Waals surface area contributed by atoms with Crippen molar-refractivity contribution >= 4 is 46.1 Å². The van der Waals surface area contributed by atoms with E-state index in [1.807, 2.05) is 26.8 Å². The normalized spacial score (nSPS) is 14.3. The highest BCUT2D eigenvalue weighted by atomic mass is 32.1. The monoisotopic (exact) mass is 539 g/mol. The van der Waals surface area contributed by atoms with Gasteiger partial charge in [-0.15, -0.1) is 24.0 Å². The first kappa shape index (κ1) is 26.9. The fraction of sp³-hybridized carbons (Fsp3) is 0.423. The van der Waals surface area contributed by atoms with Crippen LogP contribution in [-0.4, -0.2) is 64.1 Å². The van der Waals surface area contributed by atoms with E-state index < -0.39 is 5.91 Å². The minimum Gasteiger partial charge on any atom is -0.466 e. The van der Waals surface area contributed by atoms with E-state index in [4.69, 9.17) is 4.74 Å². The zero-order valence-electron chi connectivity index (χ0n) is 21.0. The predicted molar refractivity (Wildman–Crippen MR) is 145 cm³/mol. The number of aromatic nitrogens is 3. The first-order valence-electron chi connectivity index (χ1n) is 12.2. The van der Waals surface area contributed by atoms with Gasteiger partial charge in [-0.2, -0.15) is 0 Å². The van der Waals surface area contributed by atoms with Crippen LogP contribution in [-0.2, 0) is 14.3 Å². The van der Waals surface area contributed by atoms with Gasteiger partial charge in [-0.3, -0.25) is 14.4 Å². The van der Waals surface area contributed by atoms with E-state index in [0.717, 1.165) is 36.4 Å². The molecule has 4 heterocycles. The zero-order valence-corrected chi connectivity index (χ0v) is 22.7.